The Morgan fingerprint density at radius 3 is 2.41 bits per heavy atom. The van der Waals surface area contributed by atoms with E-state index in [1.807, 2.05) is 61.5 Å². The number of fused-ring (bicyclic) bond motifs is 1. The minimum absolute atomic E-state index is 0.120. The van der Waals surface area contributed by atoms with Gasteiger partial charge in [-0.25, -0.2) is 4.79 Å². The zero-order chi connectivity index (χ0) is 25.8. The number of hydrogen-bond acceptors (Lipinski definition) is 6. The first-order valence-electron chi connectivity index (χ1n) is 11.7. The van der Waals surface area contributed by atoms with Crippen molar-refractivity contribution in [3.63, 3.8) is 0 Å². The van der Waals surface area contributed by atoms with Crippen LogP contribution in [0, 0.1) is 6.92 Å². The van der Waals surface area contributed by atoms with Crippen LogP contribution in [0.4, 0.5) is 4.79 Å². The molecule has 0 saturated carbocycles. The molecule has 6 nitrogen and oxygen atoms in total. The van der Waals surface area contributed by atoms with Crippen LogP contribution in [0.1, 0.15) is 21.5 Å². The standard InChI is InChI=1S/C30H23NO5S/c1-20-13-15-22(16-14-20)29(33)36-25-11-5-3-8-23(25)19-27-28(32)31(30(34)37-27)17-18-35-26-12-6-9-21-7-2-4-10-24(21)26/h2-16,19H,17-18H2,1H3/b27-19-. The molecule has 5 rings (SSSR count). The van der Waals surface area contributed by atoms with Gasteiger partial charge in [0.2, 0.25) is 0 Å². The molecule has 4 aromatic carbocycles. The zero-order valence-electron chi connectivity index (χ0n) is 20.0. The SMILES string of the molecule is Cc1ccc(C(=O)Oc2ccccc2/C=C2\SC(=O)N(CCOc3cccc4ccccc34)C2=O)cc1. The highest BCUT2D eigenvalue weighted by atomic mass is 32.2. The van der Waals surface area contributed by atoms with Gasteiger partial charge in [-0.05, 0) is 54.4 Å². The minimum atomic E-state index is -0.500. The number of benzene rings is 4. The molecule has 4 aromatic rings. The van der Waals surface area contributed by atoms with E-state index < -0.39 is 11.9 Å². The molecule has 1 aliphatic heterocycles. The molecular formula is C30H23NO5S. The first-order valence-corrected chi connectivity index (χ1v) is 12.5. The van der Waals surface area contributed by atoms with Crippen LogP contribution >= 0.6 is 11.8 Å². The van der Waals surface area contributed by atoms with E-state index in [0.29, 0.717) is 22.6 Å². The molecule has 184 valence electrons. The van der Waals surface area contributed by atoms with E-state index in [-0.39, 0.29) is 23.3 Å². The summed E-state index contributed by atoms with van der Waals surface area (Å²) in [4.78, 5) is 39.7. The lowest BCUT2D eigenvalue weighted by Gasteiger charge is -2.14. The second kappa shape index (κ2) is 10.7. The summed E-state index contributed by atoms with van der Waals surface area (Å²) in [5.41, 5.74) is 1.99. The maximum atomic E-state index is 13.0. The molecule has 37 heavy (non-hydrogen) atoms. The number of esters is 1. The third kappa shape index (κ3) is 5.42. The molecule has 1 aliphatic rings. The van der Waals surface area contributed by atoms with Gasteiger partial charge in [0, 0.05) is 10.9 Å². The average molecular weight is 510 g/mol. The smallest absolute Gasteiger partial charge is 0.343 e. The summed E-state index contributed by atoms with van der Waals surface area (Å²) in [6, 6.07) is 27.6. The van der Waals surface area contributed by atoms with Gasteiger partial charge < -0.3 is 9.47 Å². The molecule has 0 spiro atoms. The van der Waals surface area contributed by atoms with E-state index in [1.165, 1.54) is 4.90 Å². The number of carbonyl (C=O) groups excluding carboxylic acids is 3. The maximum Gasteiger partial charge on any atom is 0.343 e. The van der Waals surface area contributed by atoms with Gasteiger partial charge in [-0.3, -0.25) is 14.5 Å². The van der Waals surface area contributed by atoms with Crippen molar-refractivity contribution in [2.75, 3.05) is 13.2 Å². The number of thioether (sulfide) groups is 1. The first-order chi connectivity index (χ1) is 18.0. The third-order valence-corrected chi connectivity index (χ3v) is 6.80. The number of rotatable bonds is 7. The fourth-order valence-electron chi connectivity index (χ4n) is 3.94. The van der Waals surface area contributed by atoms with E-state index in [0.717, 1.165) is 28.1 Å². The van der Waals surface area contributed by atoms with Crippen LogP contribution in [-0.2, 0) is 4.79 Å². The molecule has 0 unspecified atom stereocenters. The van der Waals surface area contributed by atoms with Crippen LogP contribution in [0.5, 0.6) is 11.5 Å². The predicted molar refractivity (Wildman–Crippen MR) is 145 cm³/mol. The van der Waals surface area contributed by atoms with Crippen molar-refractivity contribution in [3.8, 4) is 11.5 Å². The minimum Gasteiger partial charge on any atom is -0.491 e. The lowest BCUT2D eigenvalue weighted by atomic mass is 10.1. The molecule has 0 N–H and O–H groups in total. The normalized spacial score (nSPS) is 14.4. The molecule has 1 fully saturated rings. The van der Waals surface area contributed by atoms with E-state index in [2.05, 4.69) is 0 Å². The molecular weight excluding hydrogens is 486 g/mol. The molecule has 1 saturated heterocycles. The highest BCUT2D eigenvalue weighted by Crippen LogP contribution is 2.34. The number of nitrogens with zero attached hydrogens (tertiary/aromatic N) is 1. The van der Waals surface area contributed by atoms with Crippen molar-refractivity contribution in [1.82, 2.24) is 4.90 Å². The largest absolute Gasteiger partial charge is 0.491 e. The summed E-state index contributed by atoms with van der Waals surface area (Å²) >= 11 is 0.854. The number of para-hydroxylation sites is 1. The van der Waals surface area contributed by atoms with E-state index >= 15 is 0 Å². The van der Waals surface area contributed by atoms with Crippen LogP contribution in [-0.4, -0.2) is 35.2 Å². The van der Waals surface area contributed by atoms with Gasteiger partial charge in [0.15, 0.2) is 0 Å². The molecule has 0 bridgehead atoms. The highest BCUT2D eigenvalue weighted by Gasteiger charge is 2.35. The second-order valence-electron chi connectivity index (χ2n) is 8.45. The second-order valence-corrected chi connectivity index (χ2v) is 9.45. The van der Waals surface area contributed by atoms with Gasteiger partial charge in [0.25, 0.3) is 11.1 Å². The topological polar surface area (TPSA) is 72.9 Å². The summed E-state index contributed by atoms with van der Waals surface area (Å²) in [6.45, 7) is 2.23. The number of ether oxygens (including phenoxy) is 2. The van der Waals surface area contributed by atoms with Gasteiger partial charge in [0.1, 0.15) is 18.1 Å². The average Bonchev–Trinajstić information content (AvgIpc) is 3.17. The summed E-state index contributed by atoms with van der Waals surface area (Å²) < 4.78 is 11.5. The zero-order valence-corrected chi connectivity index (χ0v) is 20.9. The monoisotopic (exact) mass is 509 g/mol. The highest BCUT2D eigenvalue weighted by molar-refractivity contribution is 8.18. The van der Waals surface area contributed by atoms with Crippen LogP contribution in [0.15, 0.2) is 95.9 Å². The molecule has 0 atom stereocenters. The summed E-state index contributed by atoms with van der Waals surface area (Å²) in [6.07, 6.45) is 1.58. The Morgan fingerprint density at radius 1 is 0.865 bits per heavy atom. The quantitative estimate of drug-likeness (QED) is 0.161. The molecule has 7 heteroatoms. The van der Waals surface area contributed by atoms with Crippen molar-refractivity contribution in [2.45, 2.75) is 6.92 Å². The third-order valence-electron chi connectivity index (χ3n) is 5.89. The van der Waals surface area contributed by atoms with E-state index in [4.69, 9.17) is 9.47 Å². The Bertz CT molecular complexity index is 1520. The van der Waals surface area contributed by atoms with Gasteiger partial charge in [-0.2, -0.15) is 0 Å². The van der Waals surface area contributed by atoms with E-state index in [9.17, 15) is 14.4 Å². The number of aryl methyl sites for hydroxylation is 1. The van der Waals surface area contributed by atoms with Crippen molar-refractivity contribution < 1.29 is 23.9 Å². The van der Waals surface area contributed by atoms with Crippen LogP contribution in [0.2, 0.25) is 0 Å². The fourth-order valence-corrected chi connectivity index (χ4v) is 4.80. The van der Waals surface area contributed by atoms with Crippen LogP contribution in [0.3, 0.4) is 0 Å². The van der Waals surface area contributed by atoms with Crippen molar-refractivity contribution in [3.05, 3.63) is 113 Å². The number of amides is 2. The number of imide groups is 1. The van der Waals surface area contributed by atoms with Crippen LogP contribution < -0.4 is 9.47 Å². The van der Waals surface area contributed by atoms with Crippen molar-refractivity contribution in [2.24, 2.45) is 0 Å². The summed E-state index contributed by atoms with van der Waals surface area (Å²) in [7, 11) is 0. The molecule has 0 aliphatic carbocycles. The lowest BCUT2D eigenvalue weighted by molar-refractivity contribution is -0.123. The van der Waals surface area contributed by atoms with Gasteiger partial charge in [-0.15, -0.1) is 0 Å². The maximum absolute atomic E-state index is 13.0. The number of carbonyl (C=O) groups is 3. The predicted octanol–water partition coefficient (Wildman–Crippen LogP) is 6.48. The van der Waals surface area contributed by atoms with Crippen LogP contribution in [0.25, 0.3) is 16.8 Å². The van der Waals surface area contributed by atoms with E-state index in [1.54, 1.807) is 42.5 Å². The molecule has 2 amide bonds. The van der Waals surface area contributed by atoms with Gasteiger partial charge >= 0.3 is 5.97 Å². The molecule has 1 heterocycles. The Labute approximate surface area is 218 Å². The fraction of sp³-hybridized carbons (Fsp3) is 0.100. The lowest BCUT2D eigenvalue weighted by Crippen LogP contribution is -2.32. The van der Waals surface area contributed by atoms with Gasteiger partial charge in [0.05, 0.1) is 17.0 Å². The van der Waals surface area contributed by atoms with Gasteiger partial charge in [-0.1, -0.05) is 72.3 Å². The Morgan fingerprint density at radius 2 is 1.57 bits per heavy atom. The Balaban J connectivity index is 1.27. The summed E-state index contributed by atoms with van der Waals surface area (Å²) in [5, 5.41) is 1.65. The number of hydrogen-bond donors (Lipinski definition) is 0. The Hall–Kier alpha value is -4.36. The summed E-state index contributed by atoms with van der Waals surface area (Å²) in [5.74, 6) is 0.0971. The first kappa shape index (κ1) is 24.3. The van der Waals surface area contributed by atoms with Crippen molar-refractivity contribution in [1.29, 1.82) is 0 Å². The molecule has 0 aromatic heterocycles. The molecule has 0 radical (unpaired) electrons. The van der Waals surface area contributed by atoms with Crippen molar-refractivity contribution >= 4 is 45.7 Å². The Kier molecular flexibility index (Phi) is 7.05.